The normalized spacial score (nSPS) is 21.6. The Morgan fingerprint density at radius 3 is 2.67 bits per heavy atom. The van der Waals surface area contributed by atoms with E-state index in [4.69, 9.17) is 0 Å². The Hall–Kier alpha value is -1.51. The third-order valence-electron chi connectivity index (χ3n) is 3.62. The fraction of sp³-hybridized carbons (Fsp3) is 0.533. The average molecular weight is 246 g/mol. The lowest BCUT2D eigenvalue weighted by molar-refractivity contribution is -0.122. The van der Waals surface area contributed by atoms with Gasteiger partial charge in [0.05, 0.1) is 0 Å². The van der Waals surface area contributed by atoms with E-state index in [-0.39, 0.29) is 11.8 Å². The standard InChI is InChI=1S/C15H22N2O/c1-10-5-6-12(14(7-10)17(3)4)9-16-15(18)13-8-11(13)2/h5-7,11,13H,8-9H2,1-4H3,(H,16,18)/t11-,13+/m1/s1. The second-order valence-electron chi connectivity index (χ2n) is 5.56. The van der Waals surface area contributed by atoms with Crippen molar-refractivity contribution >= 4 is 11.6 Å². The van der Waals surface area contributed by atoms with Crippen molar-refractivity contribution in [3.63, 3.8) is 0 Å². The Morgan fingerprint density at radius 1 is 1.44 bits per heavy atom. The molecule has 1 fully saturated rings. The molecule has 0 unspecified atom stereocenters. The van der Waals surface area contributed by atoms with Gasteiger partial charge in [0.15, 0.2) is 0 Å². The van der Waals surface area contributed by atoms with Crippen molar-refractivity contribution in [1.29, 1.82) is 0 Å². The first-order valence-electron chi connectivity index (χ1n) is 6.53. The van der Waals surface area contributed by atoms with Gasteiger partial charge in [-0.2, -0.15) is 0 Å². The summed E-state index contributed by atoms with van der Waals surface area (Å²) in [7, 11) is 4.06. The van der Waals surface area contributed by atoms with Crippen LogP contribution in [0, 0.1) is 18.8 Å². The van der Waals surface area contributed by atoms with Crippen molar-refractivity contribution < 1.29 is 4.79 Å². The summed E-state index contributed by atoms with van der Waals surface area (Å²) in [6.45, 7) is 4.83. The van der Waals surface area contributed by atoms with Crippen LogP contribution in [0.1, 0.15) is 24.5 Å². The second-order valence-corrected chi connectivity index (χ2v) is 5.56. The highest BCUT2D eigenvalue weighted by atomic mass is 16.2. The Morgan fingerprint density at radius 2 is 2.11 bits per heavy atom. The third-order valence-corrected chi connectivity index (χ3v) is 3.62. The molecule has 0 radical (unpaired) electrons. The molecule has 98 valence electrons. The molecule has 0 aromatic heterocycles. The minimum atomic E-state index is 0.202. The van der Waals surface area contributed by atoms with Crippen LogP contribution >= 0.6 is 0 Å². The first kappa shape index (κ1) is 12.9. The summed E-state index contributed by atoms with van der Waals surface area (Å²) in [4.78, 5) is 13.9. The molecule has 0 bridgehead atoms. The number of amides is 1. The second kappa shape index (κ2) is 5.01. The minimum Gasteiger partial charge on any atom is -0.377 e. The number of nitrogens with zero attached hydrogens (tertiary/aromatic N) is 1. The molecule has 0 spiro atoms. The zero-order valence-electron chi connectivity index (χ0n) is 11.7. The molecular weight excluding hydrogens is 224 g/mol. The monoisotopic (exact) mass is 246 g/mol. The summed E-state index contributed by atoms with van der Waals surface area (Å²) in [5.41, 5.74) is 3.59. The van der Waals surface area contributed by atoms with Crippen molar-refractivity contribution in [2.24, 2.45) is 11.8 Å². The predicted octanol–water partition coefficient (Wildman–Crippen LogP) is 2.33. The highest BCUT2D eigenvalue weighted by molar-refractivity contribution is 5.81. The van der Waals surface area contributed by atoms with Gasteiger partial charge in [-0.05, 0) is 36.5 Å². The molecule has 0 heterocycles. The van der Waals surface area contributed by atoms with Gasteiger partial charge in [0.1, 0.15) is 0 Å². The van der Waals surface area contributed by atoms with Gasteiger partial charge >= 0.3 is 0 Å². The van der Waals surface area contributed by atoms with Gasteiger partial charge in [0, 0.05) is 32.2 Å². The van der Waals surface area contributed by atoms with E-state index in [1.165, 1.54) is 16.8 Å². The van der Waals surface area contributed by atoms with E-state index in [0.29, 0.717) is 12.5 Å². The highest BCUT2D eigenvalue weighted by Gasteiger charge is 2.38. The van der Waals surface area contributed by atoms with Crippen LogP contribution < -0.4 is 10.2 Å². The SMILES string of the molecule is Cc1ccc(CNC(=O)[C@H]2C[C@H]2C)c(N(C)C)c1. The molecule has 1 aromatic rings. The van der Waals surface area contributed by atoms with Gasteiger partial charge < -0.3 is 10.2 Å². The predicted molar refractivity (Wildman–Crippen MR) is 74.6 cm³/mol. The van der Waals surface area contributed by atoms with Crippen molar-refractivity contribution in [2.75, 3.05) is 19.0 Å². The molecule has 2 rings (SSSR count). The molecule has 1 aliphatic carbocycles. The molecular formula is C15H22N2O. The number of carbonyl (C=O) groups is 1. The smallest absolute Gasteiger partial charge is 0.223 e. The molecule has 0 aliphatic heterocycles. The van der Waals surface area contributed by atoms with Crippen molar-refractivity contribution in [3.05, 3.63) is 29.3 Å². The zero-order chi connectivity index (χ0) is 13.3. The quantitative estimate of drug-likeness (QED) is 0.884. The fourth-order valence-corrected chi connectivity index (χ4v) is 2.24. The van der Waals surface area contributed by atoms with Crippen LogP contribution in [0.25, 0.3) is 0 Å². The average Bonchev–Trinajstić information content (AvgIpc) is 3.04. The number of hydrogen-bond donors (Lipinski definition) is 1. The maximum Gasteiger partial charge on any atom is 0.223 e. The molecule has 1 aliphatic rings. The van der Waals surface area contributed by atoms with E-state index in [1.54, 1.807) is 0 Å². The van der Waals surface area contributed by atoms with Gasteiger partial charge in [-0.25, -0.2) is 0 Å². The Labute approximate surface area is 109 Å². The van der Waals surface area contributed by atoms with E-state index in [0.717, 1.165) is 6.42 Å². The number of benzene rings is 1. The van der Waals surface area contributed by atoms with Crippen molar-refractivity contribution in [3.8, 4) is 0 Å². The summed E-state index contributed by atoms with van der Waals surface area (Å²) in [5.74, 6) is 1.02. The summed E-state index contributed by atoms with van der Waals surface area (Å²) >= 11 is 0. The van der Waals surface area contributed by atoms with Crippen molar-refractivity contribution in [2.45, 2.75) is 26.8 Å². The molecule has 0 saturated heterocycles. The largest absolute Gasteiger partial charge is 0.377 e. The maximum atomic E-state index is 11.8. The van der Waals surface area contributed by atoms with E-state index >= 15 is 0 Å². The molecule has 1 aromatic carbocycles. The summed E-state index contributed by atoms with van der Waals surface area (Å²) in [6.07, 6.45) is 1.04. The van der Waals surface area contributed by atoms with Gasteiger partial charge in [0.2, 0.25) is 5.91 Å². The number of nitrogens with one attached hydrogen (secondary N) is 1. The lowest BCUT2D eigenvalue weighted by Gasteiger charge is -2.18. The topological polar surface area (TPSA) is 32.3 Å². The number of carbonyl (C=O) groups excluding carboxylic acids is 1. The molecule has 18 heavy (non-hydrogen) atoms. The molecule has 1 saturated carbocycles. The van der Waals surface area contributed by atoms with Crippen LogP contribution in [-0.2, 0) is 11.3 Å². The number of anilines is 1. The van der Waals surface area contributed by atoms with Crippen LogP contribution in [0.3, 0.4) is 0 Å². The summed E-state index contributed by atoms with van der Waals surface area (Å²) < 4.78 is 0. The molecule has 1 amide bonds. The number of rotatable bonds is 4. The van der Waals surface area contributed by atoms with Crippen LogP contribution in [0.4, 0.5) is 5.69 Å². The minimum absolute atomic E-state index is 0.202. The van der Waals surface area contributed by atoms with Gasteiger partial charge in [-0.1, -0.05) is 19.1 Å². The first-order chi connectivity index (χ1) is 8.49. The molecule has 3 heteroatoms. The fourth-order valence-electron chi connectivity index (χ4n) is 2.24. The maximum absolute atomic E-state index is 11.8. The van der Waals surface area contributed by atoms with Gasteiger partial charge in [-0.3, -0.25) is 4.79 Å². The van der Waals surface area contributed by atoms with E-state index in [2.05, 4.69) is 42.3 Å². The molecule has 2 atom stereocenters. The third kappa shape index (κ3) is 2.84. The zero-order valence-corrected chi connectivity index (χ0v) is 11.7. The van der Waals surface area contributed by atoms with Gasteiger partial charge in [0.25, 0.3) is 0 Å². The van der Waals surface area contributed by atoms with E-state index < -0.39 is 0 Å². The number of aryl methyl sites for hydroxylation is 1. The number of hydrogen-bond acceptors (Lipinski definition) is 2. The van der Waals surface area contributed by atoms with Crippen LogP contribution in [-0.4, -0.2) is 20.0 Å². The van der Waals surface area contributed by atoms with Crippen LogP contribution in [0.15, 0.2) is 18.2 Å². The van der Waals surface area contributed by atoms with E-state index in [1.807, 2.05) is 14.1 Å². The summed E-state index contributed by atoms with van der Waals surface area (Å²) in [5, 5.41) is 3.04. The van der Waals surface area contributed by atoms with E-state index in [9.17, 15) is 4.79 Å². The van der Waals surface area contributed by atoms with Crippen molar-refractivity contribution in [1.82, 2.24) is 5.32 Å². The Kier molecular flexibility index (Phi) is 3.60. The van der Waals surface area contributed by atoms with Crippen LogP contribution in [0.5, 0.6) is 0 Å². The molecule has 1 N–H and O–H groups in total. The molecule has 3 nitrogen and oxygen atoms in total. The van der Waals surface area contributed by atoms with Crippen LogP contribution in [0.2, 0.25) is 0 Å². The lowest BCUT2D eigenvalue weighted by atomic mass is 10.1. The van der Waals surface area contributed by atoms with Gasteiger partial charge in [-0.15, -0.1) is 0 Å². The first-order valence-corrected chi connectivity index (χ1v) is 6.53. The lowest BCUT2D eigenvalue weighted by Crippen LogP contribution is -2.26. The Balaban J connectivity index is 2.02. The Bertz CT molecular complexity index is 454. The highest BCUT2D eigenvalue weighted by Crippen LogP contribution is 2.37. The summed E-state index contributed by atoms with van der Waals surface area (Å²) in [6, 6.07) is 6.34.